The van der Waals surface area contributed by atoms with Gasteiger partial charge in [0.05, 0.1) is 0 Å². The fourth-order valence-corrected chi connectivity index (χ4v) is 1.21. The Balaban J connectivity index is 2.47. The lowest BCUT2D eigenvalue weighted by Crippen LogP contribution is -1.92. The normalized spacial score (nSPS) is 10.9. The van der Waals surface area contributed by atoms with Crippen molar-refractivity contribution in [3.8, 4) is 11.4 Å². The average molecular weight is 186 g/mol. The number of tetrazole rings is 1. The molecule has 0 radical (unpaired) electrons. The Kier molecular flexibility index (Phi) is 2.36. The third kappa shape index (κ3) is 1.54. The van der Waals surface area contributed by atoms with Crippen molar-refractivity contribution in [1.82, 2.24) is 20.2 Å². The summed E-state index contributed by atoms with van der Waals surface area (Å²) in [5.74, 6) is 0.753. The predicted molar refractivity (Wildman–Crippen MR) is 54.3 cm³/mol. The van der Waals surface area contributed by atoms with E-state index in [1.165, 1.54) is 0 Å². The third-order valence-electron chi connectivity index (χ3n) is 1.82. The van der Waals surface area contributed by atoms with Crippen LogP contribution in [0.1, 0.15) is 6.92 Å². The lowest BCUT2D eigenvalue weighted by atomic mass is 10.2. The molecule has 1 aromatic carbocycles. The second-order valence-electron chi connectivity index (χ2n) is 2.80. The van der Waals surface area contributed by atoms with Gasteiger partial charge in [-0.1, -0.05) is 36.4 Å². The molecule has 0 saturated carbocycles. The molecule has 0 spiro atoms. The van der Waals surface area contributed by atoms with Gasteiger partial charge in [0.15, 0.2) is 5.82 Å². The SMILES string of the molecule is CC=Cn1nnnc1-c1ccccc1. The highest BCUT2D eigenvalue weighted by Crippen LogP contribution is 2.14. The summed E-state index contributed by atoms with van der Waals surface area (Å²) < 4.78 is 1.65. The fourth-order valence-electron chi connectivity index (χ4n) is 1.21. The van der Waals surface area contributed by atoms with Crippen molar-refractivity contribution in [2.45, 2.75) is 6.92 Å². The zero-order chi connectivity index (χ0) is 9.80. The van der Waals surface area contributed by atoms with E-state index in [0.29, 0.717) is 0 Å². The minimum Gasteiger partial charge on any atom is -0.200 e. The van der Waals surface area contributed by atoms with Crippen molar-refractivity contribution < 1.29 is 0 Å². The predicted octanol–water partition coefficient (Wildman–Crippen LogP) is 1.83. The molecule has 14 heavy (non-hydrogen) atoms. The summed E-state index contributed by atoms with van der Waals surface area (Å²) in [5, 5.41) is 11.4. The van der Waals surface area contributed by atoms with Crippen molar-refractivity contribution >= 4 is 6.20 Å². The number of rotatable bonds is 2. The molecular formula is C10H10N4. The number of nitrogens with zero attached hydrogens (tertiary/aromatic N) is 4. The molecule has 1 aromatic heterocycles. The van der Waals surface area contributed by atoms with E-state index in [1.807, 2.05) is 49.5 Å². The van der Waals surface area contributed by atoms with Crippen LogP contribution in [-0.2, 0) is 0 Å². The van der Waals surface area contributed by atoms with E-state index in [9.17, 15) is 0 Å². The average Bonchev–Trinajstić information content (AvgIpc) is 2.68. The molecule has 0 aliphatic carbocycles. The highest BCUT2D eigenvalue weighted by Gasteiger charge is 2.04. The number of allylic oxidation sites excluding steroid dienone is 1. The quantitative estimate of drug-likeness (QED) is 0.718. The highest BCUT2D eigenvalue weighted by atomic mass is 15.5. The van der Waals surface area contributed by atoms with E-state index in [-0.39, 0.29) is 0 Å². The van der Waals surface area contributed by atoms with E-state index in [1.54, 1.807) is 4.68 Å². The Labute approximate surface area is 81.9 Å². The maximum absolute atomic E-state index is 3.96. The second kappa shape index (κ2) is 3.83. The molecule has 0 amide bonds. The van der Waals surface area contributed by atoms with Gasteiger partial charge in [-0.15, -0.1) is 5.10 Å². The van der Waals surface area contributed by atoms with E-state index >= 15 is 0 Å². The van der Waals surface area contributed by atoms with Gasteiger partial charge in [0, 0.05) is 11.8 Å². The van der Waals surface area contributed by atoms with Gasteiger partial charge in [-0.3, -0.25) is 0 Å². The maximum Gasteiger partial charge on any atom is 0.186 e. The lowest BCUT2D eigenvalue weighted by Gasteiger charge is -1.97. The van der Waals surface area contributed by atoms with Crippen LogP contribution in [0.5, 0.6) is 0 Å². The molecule has 4 heteroatoms. The molecule has 2 aromatic rings. The molecule has 0 fully saturated rings. The zero-order valence-corrected chi connectivity index (χ0v) is 7.83. The first-order valence-corrected chi connectivity index (χ1v) is 4.38. The van der Waals surface area contributed by atoms with Crippen LogP contribution in [0, 0.1) is 0 Å². The summed E-state index contributed by atoms with van der Waals surface area (Å²) >= 11 is 0. The van der Waals surface area contributed by atoms with E-state index in [0.717, 1.165) is 11.4 Å². The standard InChI is InChI=1S/C10H10N4/c1-2-8-14-10(11-12-13-14)9-6-4-3-5-7-9/h2-8H,1H3. The summed E-state index contributed by atoms with van der Waals surface area (Å²) in [6, 6.07) is 9.85. The lowest BCUT2D eigenvalue weighted by molar-refractivity contribution is 0.819. The molecule has 0 aliphatic rings. The summed E-state index contributed by atoms with van der Waals surface area (Å²) in [4.78, 5) is 0. The molecular weight excluding hydrogens is 176 g/mol. The Morgan fingerprint density at radius 2 is 2.00 bits per heavy atom. The smallest absolute Gasteiger partial charge is 0.186 e. The Morgan fingerprint density at radius 3 is 2.71 bits per heavy atom. The van der Waals surface area contributed by atoms with Crippen molar-refractivity contribution in [2.75, 3.05) is 0 Å². The fraction of sp³-hybridized carbons (Fsp3) is 0.100. The van der Waals surface area contributed by atoms with Crippen molar-refractivity contribution in [1.29, 1.82) is 0 Å². The van der Waals surface area contributed by atoms with Gasteiger partial charge in [-0.2, -0.15) is 0 Å². The van der Waals surface area contributed by atoms with Gasteiger partial charge in [0.25, 0.3) is 0 Å². The van der Waals surface area contributed by atoms with E-state index in [2.05, 4.69) is 15.5 Å². The first kappa shape index (κ1) is 8.62. The molecule has 0 N–H and O–H groups in total. The number of aromatic nitrogens is 4. The van der Waals surface area contributed by atoms with Crippen LogP contribution in [0.15, 0.2) is 36.4 Å². The van der Waals surface area contributed by atoms with Gasteiger partial charge in [0.1, 0.15) is 0 Å². The van der Waals surface area contributed by atoms with Crippen LogP contribution in [-0.4, -0.2) is 20.2 Å². The first-order chi connectivity index (χ1) is 6.92. The molecule has 1 heterocycles. The molecule has 0 unspecified atom stereocenters. The Morgan fingerprint density at radius 1 is 1.21 bits per heavy atom. The van der Waals surface area contributed by atoms with Crippen LogP contribution in [0.3, 0.4) is 0 Å². The van der Waals surface area contributed by atoms with Crippen LogP contribution >= 0.6 is 0 Å². The van der Waals surface area contributed by atoms with Crippen LogP contribution < -0.4 is 0 Å². The largest absolute Gasteiger partial charge is 0.200 e. The van der Waals surface area contributed by atoms with E-state index in [4.69, 9.17) is 0 Å². The molecule has 70 valence electrons. The van der Waals surface area contributed by atoms with Crippen molar-refractivity contribution in [3.05, 3.63) is 36.4 Å². The van der Waals surface area contributed by atoms with Gasteiger partial charge in [-0.05, 0) is 17.4 Å². The molecule has 0 aliphatic heterocycles. The summed E-state index contributed by atoms with van der Waals surface area (Å²) in [7, 11) is 0. The van der Waals surface area contributed by atoms with Crippen molar-refractivity contribution in [3.63, 3.8) is 0 Å². The molecule has 2 rings (SSSR count). The maximum atomic E-state index is 3.96. The Hall–Kier alpha value is -1.97. The zero-order valence-electron chi connectivity index (χ0n) is 7.83. The van der Waals surface area contributed by atoms with Gasteiger partial charge in [-0.25, -0.2) is 4.68 Å². The molecule has 0 bridgehead atoms. The van der Waals surface area contributed by atoms with E-state index < -0.39 is 0 Å². The van der Waals surface area contributed by atoms with Crippen molar-refractivity contribution in [2.24, 2.45) is 0 Å². The van der Waals surface area contributed by atoms with Gasteiger partial charge >= 0.3 is 0 Å². The summed E-state index contributed by atoms with van der Waals surface area (Å²) in [6.07, 6.45) is 3.71. The monoisotopic (exact) mass is 186 g/mol. The number of benzene rings is 1. The van der Waals surface area contributed by atoms with Gasteiger partial charge < -0.3 is 0 Å². The topological polar surface area (TPSA) is 43.6 Å². The summed E-state index contributed by atoms with van der Waals surface area (Å²) in [5.41, 5.74) is 1.01. The number of hydrogen-bond acceptors (Lipinski definition) is 3. The molecule has 4 nitrogen and oxygen atoms in total. The Bertz CT molecular complexity index is 430. The van der Waals surface area contributed by atoms with Gasteiger partial charge in [0.2, 0.25) is 0 Å². The second-order valence-corrected chi connectivity index (χ2v) is 2.80. The van der Waals surface area contributed by atoms with Crippen LogP contribution in [0.2, 0.25) is 0 Å². The number of hydrogen-bond donors (Lipinski definition) is 0. The minimum atomic E-state index is 0.753. The summed E-state index contributed by atoms with van der Waals surface area (Å²) in [6.45, 7) is 1.93. The van der Waals surface area contributed by atoms with Crippen LogP contribution in [0.4, 0.5) is 0 Å². The molecule has 0 atom stereocenters. The first-order valence-electron chi connectivity index (χ1n) is 4.38. The third-order valence-corrected chi connectivity index (χ3v) is 1.82. The molecule has 0 saturated heterocycles. The van der Waals surface area contributed by atoms with Crippen LogP contribution in [0.25, 0.3) is 17.6 Å². The highest BCUT2D eigenvalue weighted by molar-refractivity contribution is 5.56. The minimum absolute atomic E-state index is 0.753.